The van der Waals surface area contributed by atoms with Gasteiger partial charge >= 0.3 is 5.97 Å². The highest BCUT2D eigenvalue weighted by atomic mass is 32.1. The van der Waals surface area contributed by atoms with Gasteiger partial charge in [-0.05, 0) is 26.7 Å². The Bertz CT molecular complexity index is 365. The largest absolute Gasteiger partial charge is 0.464 e. The van der Waals surface area contributed by atoms with E-state index in [-0.39, 0.29) is 10.9 Å². The summed E-state index contributed by atoms with van der Waals surface area (Å²) >= 11 is 5.07. The molecule has 0 aliphatic heterocycles. The van der Waals surface area contributed by atoms with Crippen LogP contribution in [0.2, 0.25) is 0 Å². The number of carbonyl (C=O) groups is 2. The molecule has 0 radical (unpaired) electrons. The molecule has 1 saturated carbocycles. The van der Waals surface area contributed by atoms with Gasteiger partial charge in [-0.15, -0.1) is 0 Å². The Balaban J connectivity index is 2.73. The van der Waals surface area contributed by atoms with Gasteiger partial charge in [0.2, 0.25) is 5.91 Å². The molecule has 1 aliphatic carbocycles. The van der Waals surface area contributed by atoms with E-state index in [0.717, 1.165) is 19.3 Å². The van der Waals surface area contributed by atoms with Crippen molar-refractivity contribution in [2.75, 3.05) is 6.61 Å². The smallest absolute Gasteiger partial charge is 0.328 e. The molecule has 1 amide bonds. The van der Waals surface area contributed by atoms with E-state index >= 15 is 0 Å². The minimum absolute atomic E-state index is 0.223. The lowest BCUT2D eigenvalue weighted by Crippen LogP contribution is -2.53. The molecule has 1 rings (SSSR count). The molecule has 1 unspecified atom stereocenters. The second-order valence-corrected chi connectivity index (χ2v) is 5.39. The quantitative estimate of drug-likeness (QED) is 0.588. The lowest BCUT2D eigenvalue weighted by molar-refractivity contribution is -0.147. The Hall–Kier alpha value is -1.17. The molecule has 1 aliphatic rings. The zero-order valence-corrected chi connectivity index (χ0v) is 12.3. The summed E-state index contributed by atoms with van der Waals surface area (Å²) in [5.41, 5.74) is 4.97. The van der Waals surface area contributed by atoms with Gasteiger partial charge in [0, 0.05) is 0 Å². The standard InChI is InChI=1S/C13H22N2O3S/c1-3-18-10(16)9(2)15-12(17)13(11(14)19)7-5-4-6-8-13/h9H,3-8H2,1-2H3,(H2,14,19)(H,15,17). The first-order valence-corrected chi connectivity index (χ1v) is 7.12. The molecule has 0 aromatic carbocycles. The fraction of sp³-hybridized carbons (Fsp3) is 0.769. The van der Waals surface area contributed by atoms with Crippen LogP contribution in [0, 0.1) is 5.41 Å². The van der Waals surface area contributed by atoms with Crippen LogP contribution in [0.25, 0.3) is 0 Å². The predicted octanol–water partition coefficient (Wildman–Crippen LogP) is 1.29. The first kappa shape index (κ1) is 15.9. The van der Waals surface area contributed by atoms with E-state index in [9.17, 15) is 9.59 Å². The zero-order chi connectivity index (χ0) is 14.5. The van der Waals surface area contributed by atoms with Crippen molar-refractivity contribution in [3.63, 3.8) is 0 Å². The van der Waals surface area contributed by atoms with Gasteiger partial charge in [0.1, 0.15) is 6.04 Å². The average molecular weight is 286 g/mol. The molecule has 0 heterocycles. The maximum Gasteiger partial charge on any atom is 0.328 e. The Kier molecular flexibility index (Phi) is 5.72. The minimum atomic E-state index is -0.797. The molecule has 3 N–H and O–H groups in total. The summed E-state index contributed by atoms with van der Waals surface area (Å²) in [5, 5.41) is 2.68. The van der Waals surface area contributed by atoms with Crippen LogP contribution in [-0.4, -0.2) is 29.5 Å². The Morgan fingerprint density at radius 3 is 2.42 bits per heavy atom. The predicted molar refractivity (Wildman–Crippen MR) is 76.5 cm³/mol. The van der Waals surface area contributed by atoms with Crippen molar-refractivity contribution in [2.24, 2.45) is 11.1 Å². The highest BCUT2D eigenvalue weighted by Gasteiger charge is 2.43. The molecular formula is C13H22N2O3S. The van der Waals surface area contributed by atoms with Crippen molar-refractivity contribution >= 4 is 29.1 Å². The summed E-state index contributed by atoms with van der Waals surface area (Å²) in [4.78, 5) is 24.2. The van der Waals surface area contributed by atoms with Gasteiger partial charge in [-0.25, -0.2) is 4.79 Å². The first-order valence-electron chi connectivity index (χ1n) is 6.71. The van der Waals surface area contributed by atoms with E-state index in [2.05, 4.69) is 5.32 Å². The third-order valence-electron chi connectivity index (χ3n) is 3.60. The molecule has 6 heteroatoms. The Morgan fingerprint density at radius 1 is 1.37 bits per heavy atom. The van der Waals surface area contributed by atoms with Crippen LogP contribution in [0.3, 0.4) is 0 Å². The van der Waals surface area contributed by atoms with E-state index in [0.29, 0.717) is 19.4 Å². The van der Waals surface area contributed by atoms with Gasteiger partial charge in [-0.1, -0.05) is 31.5 Å². The maximum absolute atomic E-state index is 12.4. The highest BCUT2D eigenvalue weighted by Crippen LogP contribution is 2.37. The molecule has 1 atom stereocenters. The molecule has 0 saturated heterocycles. The number of hydrogen-bond acceptors (Lipinski definition) is 4. The topological polar surface area (TPSA) is 81.4 Å². The molecule has 5 nitrogen and oxygen atoms in total. The van der Waals surface area contributed by atoms with Crippen LogP contribution in [-0.2, 0) is 14.3 Å². The number of nitrogens with two attached hydrogens (primary N) is 1. The van der Waals surface area contributed by atoms with Crippen LogP contribution in [0.1, 0.15) is 46.0 Å². The van der Waals surface area contributed by atoms with Crippen molar-refractivity contribution in [3.8, 4) is 0 Å². The van der Waals surface area contributed by atoms with Crippen LogP contribution in [0.5, 0.6) is 0 Å². The third-order valence-corrected chi connectivity index (χ3v) is 3.99. The van der Waals surface area contributed by atoms with E-state index < -0.39 is 17.4 Å². The number of amides is 1. The van der Waals surface area contributed by atoms with Crippen molar-refractivity contribution in [1.82, 2.24) is 5.32 Å². The summed E-state index contributed by atoms with van der Waals surface area (Å²) in [5.74, 6) is -0.690. The molecule has 0 spiro atoms. The third kappa shape index (κ3) is 3.65. The van der Waals surface area contributed by atoms with E-state index in [1.165, 1.54) is 0 Å². The van der Waals surface area contributed by atoms with Crippen molar-refractivity contribution in [3.05, 3.63) is 0 Å². The second kappa shape index (κ2) is 6.84. The van der Waals surface area contributed by atoms with Gasteiger partial charge < -0.3 is 15.8 Å². The van der Waals surface area contributed by atoms with E-state index in [1.807, 2.05) is 0 Å². The SMILES string of the molecule is CCOC(=O)C(C)NC(=O)C1(C(N)=S)CCCCC1. The minimum Gasteiger partial charge on any atom is -0.464 e. The molecular weight excluding hydrogens is 264 g/mol. The van der Waals surface area contributed by atoms with Gasteiger partial charge in [0.15, 0.2) is 0 Å². The highest BCUT2D eigenvalue weighted by molar-refractivity contribution is 7.80. The molecule has 0 aromatic heterocycles. The summed E-state index contributed by atoms with van der Waals surface area (Å²) < 4.78 is 4.87. The summed E-state index contributed by atoms with van der Waals surface area (Å²) in [6.07, 6.45) is 4.26. The molecule has 0 aromatic rings. The van der Waals surface area contributed by atoms with Gasteiger partial charge in [0.25, 0.3) is 0 Å². The van der Waals surface area contributed by atoms with Gasteiger partial charge in [-0.2, -0.15) is 0 Å². The lowest BCUT2D eigenvalue weighted by Gasteiger charge is -2.35. The summed E-state index contributed by atoms with van der Waals surface area (Å²) in [6.45, 7) is 3.62. The van der Waals surface area contributed by atoms with Crippen molar-refractivity contribution in [1.29, 1.82) is 0 Å². The fourth-order valence-corrected chi connectivity index (χ4v) is 2.70. The van der Waals surface area contributed by atoms with Crippen LogP contribution in [0.15, 0.2) is 0 Å². The van der Waals surface area contributed by atoms with Crippen molar-refractivity contribution in [2.45, 2.75) is 52.0 Å². The molecule has 1 fully saturated rings. The second-order valence-electron chi connectivity index (χ2n) is 4.95. The van der Waals surface area contributed by atoms with Crippen molar-refractivity contribution < 1.29 is 14.3 Å². The van der Waals surface area contributed by atoms with Gasteiger partial charge in [-0.3, -0.25) is 4.79 Å². The summed E-state index contributed by atoms with van der Waals surface area (Å²) in [6, 6.07) is -0.680. The zero-order valence-electron chi connectivity index (χ0n) is 11.5. The summed E-state index contributed by atoms with van der Waals surface area (Å²) in [7, 11) is 0. The van der Waals surface area contributed by atoms with Gasteiger partial charge in [0.05, 0.1) is 17.0 Å². The first-order chi connectivity index (χ1) is 8.94. The number of esters is 1. The molecule has 0 bridgehead atoms. The average Bonchev–Trinajstić information content (AvgIpc) is 2.39. The lowest BCUT2D eigenvalue weighted by atomic mass is 9.73. The number of carbonyl (C=O) groups excluding carboxylic acids is 2. The monoisotopic (exact) mass is 286 g/mol. The van der Waals surface area contributed by atoms with Crippen LogP contribution >= 0.6 is 12.2 Å². The van der Waals surface area contributed by atoms with Crippen LogP contribution in [0.4, 0.5) is 0 Å². The Morgan fingerprint density at radius 2 is 1.95 bits per heavy atom. The number of rotatable bonds is 5. The van der Waals surface area contributed by atoms with E-state index in [1.54, 1.807) is 13.8 Å². The number of thiocarbonyl (C=S) groups is 1. The maximum atomic E-state index is 12.4. The number of nitrogens with one attached hydrogen (secondary N) is 1. The normalized spacial score (nSPS) is 19.3. The van der Waals surface area contributed by atoms with E-state index in [4.69, 9.17) is 22.7 Å². The molecule has 108 valence electrons. The fourth-order valence-electron chi connectivity index (χ4n) is 2.40. The van der Waals surface area contributed by atoms with Crippen LogP contribution < -0.4 is 11.1 Å². The molecule has 19 heavy (non-hydrogen) atoms. The number of hydrogen-bond donors (Lipinski definition) is 2. The number of ether oxygens (including phenoxy) is 1. The Labute approximate surface area is 119 Å².